The zero-order valence-electron chi connectivity index (χ0n) is 13.4. The van der Waals surface area contributed by atoms with Crippen molar-refractivity contribution in [2.45, 2.75) is 57.6 Å². The molecule has 0 spiro atoms. The molecule has 5 heteroatoms. The number of hydrogen-bond acceptors (Lipinski definition) is 4. The minimum absolute atomic E-state index is 0.372. The fourth-order valence-electron chi connectivity index (χ4n) is 2.51. The van der Waals surface area contributed by atoms with Crippen molar-refractivity contribution < 1.29 is 14.3 Å². The number of nitrogens with zero attached hydrogens (tertiary/aromatic N) is 2. The summed E-state index contributed by atoms with van der Waals surface area (Å²) >= 11 is 0. The number of aldehydes is 1. The van der Waals surface area contributed by atoms with Crippen LogP contribution in [0, 0.1) is 0 Å². The molecule has 1 aliphatic heterocycles. The molecule has 1 aliphatic rings. The third-order valence-corrected chi connectivity index (χ3v) is 3.60. The summed E-state index contributed by atoms with van der Waals surface area (Å²) in [6.07, 6.45) is 3.86. The molecule has 0 bridgehead atoms. The van der Waals surface area contributed by atoms with Gasteiger partial charge in [-0.3, -0.25) is 4.90 Å². The summed E-state index contributed by atoms with van der Waals surface area (Å²) in [4.78, 5) is 27.7. The number of amides is 1. The third kappa shape index (κ3) is 4.47. The molecule has 20 heavy (non-hydrogen) atoms. The predicted molar refractivity (Wildman–Crippen MR) is 78.8 cm³/mol. The molecule has 1 rings (SSSR count). The first-order valence-electron chi connectivity index (χ1n) is 7.32. The number of rotatable bonds is 4. The van der Waals surface area contributed by atoms with Crippen LogP contribution in [0.2, 0.25) is 0 Å². The Balaban J connectivity index is 2.87. The van der Waals surface area contributed by atoms with Crippen molar-refractivity contribution in [2.75, 3.05) is 27.2 Å². The van der Waals surface area contributed by atoms with Crippen molar-refractivity contribution in [1.29, 1.82) is 0 Å². The van der Waals surface area contributed by atoms with Gasteiger partial charge in [-0.25, -0.2) is 4.79 Å². The van der Waals surface area contributed by atoms with E-state index in [1.807, 2.05) is 39.8 Å². The minimum Gasteiger partial charge on any atom is -0.444 e. The van der Waals surface area contributed by atoms with E-state index in [1.165, 1.54) is 0 Å². The van der Waals surface area contributed by atoms with Gasteiger partial charge in [0.15, 0.2) is 0 Å². The van der Waals surface area contributed by atoms with Gasteiger partial charge < -0.3 is 14.4 Å². The van der Waals surface area contributed by atoms with Crippen LogP contribution in [0.1, 0.15) is 46.5 Å². The number of piperidine rings is 1. The quantitative estimate of drug-likeness (QED) is 0.743. The maximum absolute atomic E-state index is 12.4. The second-order valence-corrected chi connectivity index (χ2v) is 6.86. The maximum Gasteiger partial charge on any atom is 0.411 e. The van der Waals surface area contributed by atoms with Gasteiger partial charge in [0, 0.05) is 13.1 Å². The molecule has 0 radical (unpaired) electrons. The Morgan fingerprint density at radius 1 is 1.35 bits per heavy atom. The highest BCUT2D eigenvalue weighted by atomic mass is 16.6. The molecule has 0 aliphatic carbocycles. The smallest absolute Gasteiger partial charge is 0.411 e. The standard InChI is InChI=1S/C15H28N2O3/c1-14(2,3)20-13(19)17-10-7-6-8-15(17,12-18)9-11-16(4)5/h12H,6-11H2,1-5H3. The molecule has 1 fully saturated rings. The molecular formula is C15H28N2O3. The lowest BCUT2D eigenvalue weighted by atomic mass is 9.85. The van der Waals surface area contributed by atoms with Crippen molar-refractivity contribution >= 4 is 12.4 Å². The van der Waals surface area contributed by atoms with Gasteiger partial charge in [-0.2, -0.15) is 0 Å². The van der Waals surface area contributed by atoms with E-state index in [0.717, 1.165) is 32.1 Å². The summed E-state index contributed by atoms with van der Waals surface area (Å²) in [5.41, 5.74) is -1.24. The highest BCUT2D eigenvalue weighted by Crippen LogP contribution is 2.31. The van der Waals surface area contributed by atoms with Crippen molar-refractivity contribution in [3.05, 3.63) is 0 Å². The molecule has 116 valence electrons. The Bertz CT molecular complexity index is 350. The Morgan fingerprint density at radius 3 is 2.50 bits per heavy atom. The van der Waals surface area contributed by atoms with E-state index in [4.69, 9.17) is 4.74 Å². The van der Waals surface area contributed by atoms with Gasteiger partial charge in [-0.05, 0) is 60.5 Å². The minimum atomic E-state index is -0.704. The van der Waals surface area contributed by atoms with Gasteiger partial charge in [-0.1, -0.05) is 0 Å². The van der Waals surface area contributed by atoms with E-state index in [9.17, 15) is 9.59 Å². The van der Waals surface area contributed by atoms with E-state index >= 15 is 0 Å². The molecule has 1 unspecified atom stereocenters. The fraction of sp³-hybridized carbons (Fsp3) is 0.867. The summed E-state index contributed by atoms with van der Waals surface area (Å²) in [6, 6.07) is 0. The average Bonchev–Trinajstić information content (AvgIpc) is 2.34. The van der Waals surface area contributed by atoms with Gasteiger partial charge in [0.05, 0.1) is 0 Å². The number of ether oxygens (including phenoxy) is 1. The van der Waals surface area contributed by atoms with E-state index in [-0.39, 0.29) is 6.09 Å². The fourth-order valence-corrected chi connectivity index (χ4v) is 2.51. The first kappa shape index (κ1) is 17.0. The van der Waals surface area contributed by atoms with Crippen LogP contribution in [-0.4, -0.2) is 60.5 Å². The van der Waals surface area contributed by atoms with Gasteiger partial charge in [0.2, 0.25) is 0 Å². The van der Waals surface area contributed by atoms with Crippen LogP contribution in [0.3, 0.4) is 0 Å². The lowest BCUT2D eigenvalue weighted by Crippen LogP contribution is -2.57. The van der Waals surface area contributed by atoms with Gasteiger partial charge in [0.1, 0.15) is 17.4 Å². The van der Waals surface area contributed by atoms with Crippen molar-refractivity contribution in [1.82, 2.24) is 9.80 Å². The Morgan fingerprint density at radius 2 is 2.00 bits per heavy atom. The summed E-state index contributed by atoms with van der Waals surface area (Å²) in [6.45, 7) is 6.91. The molecule has 1 atom stereocenters. The largest absolute Gasteiger partial charge is 0.444 e. The topological polar surface area (TPSA) is 49.9 Å². The number of hydrogen-bond donors (Lipinski definition) is 0. The molecular weight excluding hydrogens is 256 g/mol. The molecule has 0 aromatic heterocycles. The molecule has 1 amide bonds. The molecule has 1 saturated heterocycles. The summed E-state index contributed by atoms with van der Waals surface area (Å²) in [5, 5.41) is 0. The van der Waals surface area contributed by atoms with Gasteiger partial charge in [-0.15, -0.1) is 0 Å². The van der Waals surface area contributed by atoms with Crippen molar-refractivity contribution in [2.24, 2.45) is 0 Å². The first-order valence-corrected chi connectivity index (χ1v) is 7.32. The van der Waals surface area contributed by atoms with Crippen LogP contribution < -0.4 is 0 Å². The van der Waals surface area contributed by atoms with Gasteiger partial charge in [0.25, 0.3) is 0 Å². The average molecular weight is 284 g/mol. The summed E-state index contributed by atoms with van der Waals surface area (Å²) in [5.74, 6) is 0. The normalized spacial score (nSPS) is 23.8. The maximum atomic E-state index is 12.4. The highest BCUT2D eigenvalue weighted by Gasteiger charge is 2.43. The van der Waals surface area contributed by atoms with E-state index in [0.29, 0.717) is 13.0 Å². The van der Waals surface area contributed by atoms with Crippen LogP contribution in [0.25, 0.3) is 0 Å². The molecule has 5 nitrogen and oxygen atoms in total. The SMILES string of the molecule is CN(C)CCC1(C=O)CCCCN1C(=O)OC(C)(C)C. The second-order valence-electron chi connectivity index (χ2n) is 6.86. The predicted octanol–water partition coefficient (Wildman–Crippen LogP) is 2.30. The zero-order valence-corrected chi connectivity index (χ0v) is 13.4. The molecule has 0 N–H and O–H groups in total. The van der Waals surface area contributed by atoms with Crippen molar-refractivity contribution in [3.8, 4) is 0 Å². The van der Waals surface area contributed by atoms with Crippen LogP contribution in [-0.2, 0) is 9.53 Å². The molecule has 0 saturated carbocycles. The first-order chi connectivity index (χ1) is 9.20. The Hall–Kier alpha value is -1.10. The number of likely N-dealkylation sites (tertiary alicyclic amines) is 1. The van der Waals surface area contributed by atoms with Crippen LogP contribution in [0.4, 0.5) is 4.79 Å². The van der Waals surface area contributed by atoms with E-state index in [1.54, 1.807) is 4.90 Å². The van der Waals surface area contributed by atoms with Crippen LogP contribution in [0.15, 0.2) is 0 Å². The highest BCUT2D eigenvalue weighted by molar-refractivity contribution is 5.77. The van der Waals surface area contributed by atoms with E-state index in [2.05, 4.69) is 0 Å². The Kier molecular flexibility index (Phi) is 5.57. The number of carbonyl (C=O) groups is 2. The third-order valence-electron chi connectivity index (χ3n) is 3.60. The molecule has 0 aromatic carbocycles. The second kappa shape index (κ2) is 6.57. The Labute approximate surface area is 122 Å². The van der Waals surface area contributed by atoms with Crippen molar-refractivity contribution in [3.63, 3.8) is 0 Å². The lowest BCUT2D eigenvalue weighted by Gasteiger charge is -2.44. The number of carbonyl (C=O) groups excluding carboxylic acids is 2. The zero-order chi connectivity index (χ0) is 15.4. The van der Waals surface area contributed by atoms with E-state index < -0.39 is 11.1 Å². The van der Waals surface area contributed by atoms with Gasteiger partial charge >= 0.3 is 6.09 Å². The monoisotopic (exact) mass is 284 g/mol. The summed E-state index contributed by atoms with van der Waals surface area (Å²) < 4.78 is 5.46. The molecule has 0 aromatic rings. The van der Waals surface area contributed by atoms with Crippen LogP contribution in [0.5, 0.6) is 0 Å². The summed E-state index contributed by atoms with van der Waals surface area (Å²) in [7, 11) is 3.94. The lowest BCUT2D eigenvalue weighted by molar-refractivity contribution is -0.121. The molecule has 1 heterocycles. The van der Waals surface area contributed by atoms with Crippen LogP contribution >= 0.6 is 0 Å².